The summed E-state index contributed by atoms with van der Waals surface area (Å²) in [4.78, 5) is 12.1. The number of anilines is 1. The van der Waals surface area contributed by atoms with Gasteiger partial charge in [-0.25, -0.2) is 0 Å². The molecule has 0 radical (unpaired) electrons. The van der Waals surface area contributed by atoms with Crippen LogP contribution in [0, 0.1) is 0 Å². The average Bonchev–Trinajstić information content (AvgIpc) is 2.39. The zero-order chi connectivity index (χ0) is 13.7. The van der Waals surface area contributed by atoms with Gasteiger partial charge >= 0.3 is 0 Å². The van der Waals surface area contributed by atoms with E-state index in [-0.39, 0.29) is 5.91 Å². The quantitative estimate of drug-likeness (QED) is 0.921. The first-order valence-electron chi connectivity index (χ1n) is 5.99. The fraction of sp³-hybridized carbons (Fsp3) is 0.133. The Kier molecular flexibility index (Phi) is 4.58. The fourth-order valence-corrected chi connectivity index (χ4v) is 2.06. The van der Waals surface area contributed by atoms with Crippen molar-refractivity contribution in [1.29, 1.82) is 0 Å². The van der Waals surface area contributed by atoms with Gasteiger partial charge in [0.1, 0.15) is 5.75 Å². The Bertz CT molecular complexity index is 584. The second kappa shape index (κ2) is 6.38. The number of benzene rings is 2. The molecule has 19 heavy (non-hydrogen) atoms. The molecule has 1 amide bonds. The summed E-state index contributed by atoms with van der Waals surface area (Å²) in [5.74, 6) is 0.545. The maximum absolute atomic E-state index is 12.1. The SMILES string of the molecule is CCOc1cccc(C(=O)Nc2cccc(Br)c2)c1. The zero-order valence-electron chi connectivity index (χ0n) is 10.5. The van der Waals surface area contributed by atoms with Crippen LogP contribution in [0.1, 0.15) is 17.3 Å². The molecule has 0 spiro atoms. The van der Waals surface area contributed by atoms with Gasteiger partial charge in [-0.15, -0.1) is 0 Å². The minimum atomic E-state index is -0.153. The highest BCUT2D eigenvalue weighted by atomic mass is 79.9. The van der Waals surface area contributed by atoms with E-state index >= 15 is 0 Å². The predicted octanol–water partition coefficient (Wildman–Crippen LogP) is 4.10. The minimum absolute atomic E-state index is 0.153. The van der Waals surface area contributed by atoms with Crippen LogP contribution in [0.25, 0.3) is 0 Å². The molecule has 0 bridgehead atoms. The summed E-state index contributed by atoms with van der Waals surface area (Å²) >= 11 is 3.37. The number of rotatable bonds is 4. The predicted molar refractivity (Wildman–Crippen MR) is 79.7 cm³/mol. The lowest BCUT2D eigenvalue weighted by molar-refractivity contribution is 0.102. The molecule has 2 aromatic rings. The molecule has 0 saturated heterocycles. The summed E-state index contributed by atoms with van der Waals surface area (Å²) in [5.41, 5.74) is 1.33. The van der Waals surface area contributed by atoms with Gasteiger partial charge in [-0.05, 0) is 43.3 Å². The summed E-state index contributed by atoms with van der Waals surface area (Å²) in [6.07, 6.45) is 0. The number of halogens is 1. The second-order valence-corrected chi connectivity index (χ2v) is 4.84. The van der Waals surface area contributed by atoms with Gasteiger partial charge in [-0.3, -0.25) is 4.79 Å². The summed E-state index contributed by atoms with van der Waals surface area (Å²) in [6, 6.07) is 14.6. The second-order valence-electron chi connectivity index (χ2n) is 3.93. The number of ether oxygens (including phenoxy) is 1. The Morgan fingerprint density at radius 3 is 2.74 bits per heavy atom. The van der Waals surface area contributed by atoms with E-state index in [1.54, 1.807) is 18.2 Å². The van der Waals surface area contributed by atoms with Crippen LogP contribution < -0.4 is 10.1 Å². The zero-order valence-corrected chi connectivity index (χ0v) is 12.1. The van der Waals surface area contributed by atoms with Crippen molar-refractivity contribution in [3.8, 4) is 5.75 Å². The molecule has 0 aromatic heterocycles. The maximum Gasteiger partial charge on any atom is 0.255 e. The lowest BCUT2D eigenvalue weighted by Crippen LogP contribution is -2.11. The molecule has 0 atom stereocenters. The van der Waals surface area contributed by atoms with Gasteiger partial charge in [-0.2, -0.15) is 0 Å². The highest BCUT2D eigenvalue weighted by Gasteiger charge is 2.07. The topological polar surface area (TPSA) is 38.3 Å². The monoisotopic (exact) mass is 319 g/mol. The number of hydrogen-bond acceptors (Lipinski definition) is 2. The maximum atomic E-state index is 12.1. The highest BCUT2D eigenvalue weighted by molar-refractivity contribution is 9.10. The average molecular weight is 320 g/mol. The van der Waals surface area contributed by atoms with Gasteiger partial charge in [0.25, 0.3) is 5.91 Å². The Balaban J connectivity index is 2.13. The number of hydrogen-bond donors (Lipinski definition) is 1. The van der Waals surface area contributed by atoms with Crippen molar-refractivity contribution in [2.45, 2.75) is 6.92 Å². The molecular formula is C15H14BrNO2. The molecule has 0 aliphatic carbocycles. The van der Waals surface area contributed by atoms with E-state index in [1.807, 2.05) is 37.3 Å². The molecule has 1 N–H and O–H groups in total. The smallest absolute Gasteiger partial charge is 0.255 e. The van der Waals surface area contributed by atoms with Crippen molar-refractivity contribution in [2.75, 3.05) is 11.9 Å². The van der Waals surface area contributed by atoms with Gasteiger partial charge in [0.15, 0.2) is 0 Å². The molecule has 0 saturated carbocycles. The normalized spacial score (nSPS) is 10.0. The fourth-order valence-electron chi connectivity index (χ4n) is 1.66. The van der Waals surface area contributed by atoms with E-state index in [2.05, 4.69) is 21.2 Å². The van der Waals surface area contributed by atoms with Gasteiger partial charge in [0.05, 0.1) is 6.61 Å². The molecule has 2 aromatic carbocycles. The first-order valence-corrected chi connectivity index (χ1v) is 6.78. The highest BCUT2D eigenvalue weighted by Crippen LogP contribution is 2.18. The van der Waals surface area contributed by atoms with Crippen LogP contribution in [0.15, 0.2) is 53.0 Å². The summed E-state index contributed by atoms with van der Waals surface area (Å²) in [5, 5.41) is 2.84. The molecule has 0 aliphatic rings. The Morgan fingerprint density at radius 2 is 2.00 bits per heavy atom. The molecule has 98 valence electrons. The van der Waals surface area contributed by atoms with Gasteiger partial charge in [-0.1, -0.05) is 28.1 Å². The van der Waals surface area contributed by atoms with Crippen molar-refractivity contribution >= 4 is 27.5 Å². The van der Waals surface area contributed by atoms with Gasteiger partial charge in [0.2, 0.25) is 0 Å². The first-order chi connectivity index (χ1) is 9.19. The number of carbonyl (C=O) groups excluding carboxylic acids is 1. The van der Waals surface area contributed by atoms with E-state index in [0.29, 0.717) is 17.9 Å². The van der Waals surface area contributed by atoms with Crippen molar-refractivity contribution in [3.05, 3.63) is 58.6 Å². The molecular weight excluding hydrogens is 306 g/mol. The summed E-state index contributed by atoms with van der Waals surface area (Å²) in [7, 11) is 0. The lowest BCUT2D eigenvalue weighted by Gasteiger charge is -2.07. The van der Waals surface area contributed by atoms with Gasteiger partial charge in [0, 0.05) is 15.7 Å². The Labute approximate surface area is 120 Å². The third-order valence-electron chi connectivity index (χ3n) is 2.49. The molecule has 0 aliphatic heterocycles. The summed E-state index contributed by atoms with van der Waals surface area (Å²) < 4.78 is 6.30. The van der Waals surface area contributed by atoms with Gasteiger partial charge < -0.3 is 10.1 Å². The molecule has 0 unspecified atom stereocenters. The summed E-state index contributed by atoms with van der Waals surface area (Å²) in [6.45, 7) is 2.49. The third kappa shape index (κ3) is 3.83. The standard InChI is InChI=1S/C15H14BrNO2/c1-2-19-14-8-3-5-11(9-14)15(18)17-13-7-4-6-12(16)10-13/h3-10H,2H2,1H3,(H,17,18). The number of amides is 1. The van der Waals surface area contributed by atoms with Crippen LogP contribution in [-0.4, -0.2) is 12.5 Å². The van der Waals surface area contributed by atoms with Crippen LogP contribution in [0.2, 0.25) is 0 Å². The van der Waals surface area contributed by atoms with E-state index in [1.165, 1.54) is 0 Å². The third-order valence-corrected chi connectivity index (χ3v) is 2.98. The number of nitrogens with one attached hydrogen (secondary N) is 1. The lowest BCUT2D eigenvalue weighted by atomic mass is 10.2. The Morgan fingerprint density at radius 1 is 1.21 bits per heavy atom. The van der Waals surface area contributed by atoms with Crippen molar-refractivity contribution in [1.82, 2.24) is 0 Å². The van der Waals surface area contributed by atoms with Crippen LogP contribution in [0.4, 0.5) is 5.69 Å². The number of carbonyl (C=O) groups is 1. The van der Waals surface area contributed by atoms with Crippen molar-refractivity contribution in [2.24, 2.45) is 0 Å². The Hall–Kier alpha value is -1.81. The van der Waals surface area contributed by atoms with Crippen LogP contribution in [0.3, 0.4) is 0 Å². The van der Waals surface area contributed by atoms with Crippen LogP contribution >= 0.6 is 15.9 Å². The molecule has 3 nitrogen and oxygen atoms in total. The van der Waals surface area contributed by atoms with Crippen LogP contribution in [-0.2, 0) is 0 Å². The van der Waals surface area contributed by atoms with E-state index in [0.717, 1.165) is 10.2 Å². The van der Waals surface area contributed by atoms with E-state index in [4.69, 9.17) is 4.74 Å². The largest absolute Gasteiger partial charge is 0.494 e. The van der Waals surface area contributed by atoms with E-state index in [9.17, 15) is 4.79 Å². The van der Waals surface area contributed by atoms with Crippen molar-refractivity contribution < 1.29 is 9.53 Å². The minimum Gasteiger partial charge on any atom is -0.494 e. The molecule has 0 fully saturated rings. The molecule has 0 heterocycles. The molecule has 2 rings (SSSR count). The first kappa shape index (κ1) is 13.6. The van der Waals surface area contributed by atoms with Crippen LogP contribution in [0.5, 0.6) is 5.75 Å². The van der Waals surface area contributed by atoms with E-state index < -0.39 is 0 Å². The van der Waals surface area contributed by atoms with Crippen molar-refractivity contribution in [3.63, 3.8) is 0 Å². The molecule has 4 heteroatoms.